The Morgan fingerprint density at radius 2 is 2.21 bits per heavy atom. The number of hydrogen-bond donors (Lipinski definition) is 2. The highest BCUT2D eigenvalue weighted by atomic mass is 16.3. The lowest BCUT2D eigenvalue weighted by Gasteiger charge is -2.25. The smallest absolute Gasteiger partial charge is 0.240 e. The number of nitrogens with one attached hydrogen (secondary N) is 1. The van der Waals surface area contributed by atoms with E-state index in [4.69, 9.17) is 0 Å². The van der Waals surface area contributed by atoms with Gasteiger partial charge in [-0.05, 0) is 49.9 Å². The zero-order chi connectivity index (χ0) is 13.2. The van der Waals surface area contributed by atoms with E-state index in [1.54, 1.807) is 12.1 Å². The van der Waals surface area contributed by atoms with Crippen LogP contribution in [0.25, 0.3) is 0 Å². The molecule has 4 nitrogen and oxygen atoms in total. The number of phenolic OH excluding ortho intramolecular Hbond substituents is 1. The van der Waals surface area contributed by atoms with Gasteiger partial charge in [0.2, 0.25) is 5.91 Å². The van der Waals surface area contributed by atoms with Crippen LogP contribution >= 0.6 is 0 Å². The largest absolute Gasteiger partial charge is 0.508 e. The molecule has 1 saturated heterocycles. The second-order valence-corrected chi connectivity index (χ2v) is 5.52. The maximum atomic E-state index is 12.5. The van der Waals surface area contributed by atoms with Crippen molar-refractivity contribution in [1.29, 1.82) is 0 Å². The first-order valence-electron chi connectivity index (χ1n) is 7.06. The molecule has 1 aliphatic carbocycles. The second kappa shape index (κ2) is 5.21. The molecule has 0 unspecified atom stereocenters. The summed E-state index contributed by atoms with van der Waals surface area (Å²) >= 11 is 0. The molecule has 0 aromatic heterocycles. The van der Waals surface area contributed by atoms with Crippen LogP contribution in [0.3, 0.4) is 0 Å². The van der Waals surface area contributed by atoms with Gasteiger partial charge >= 0.3 is 0 Å². The molecule has 4 heteroatoms. The Balaban J connectivity index is 1.72. The number of carbonyl (C=O) groups excluding carboxylic acids is 1. The Hall–Kier alpha value is -1.55. The van der Waals surface area contributed by atoms with E-state index in [1.807, 2.05) is 17.0 Å². The molecule has 102 valence electrons. The van der Waals surface area contributed by atoms with Gasteiger partial charge in [-0.1, -0.05) is 12.1 Å². The van der Waals surface area contributed by atoms with Gasteiger partial charge in [0.25, 0.3) is 0 Å². The van der Waals surface area contributed by atoms with Gasteiger partial charge in [-0.3, -0.25) is 4.79 Å². The summed E-state index contributed by atoms with van der Waals surface area (Å²) in [6.45, 7) is 1.55. The average Bonchev–Trinajstić information content (AvgIpc) is 3.09. The molecule has 1 aliphatic heterocycles. The molecule has 1 saturated carbocycles. The summed E-state index contributed by atoms with van der Waals surface area (Å²) < 4.78 is 0. The van der Waals surface area contributed by atoms with Gasteiger partial charge in [-0.15, -0.1) is 0 Å². The van der Waals surface area contributed by atoms with Crippen molar-refractivity contribution in [1.82, 2.24) is 10.2 Å². The van der Waals surface area contributed by atoms with Crippen LogP contribution in [0.15, 0.2) is 24.3 Å². The number of rotatable bonds is 4. The van der Waals surface area contributed by atoms with Gasteiger partial charge in [0.15, 0.2) is 0 Å². The number of phenols is 1. The Morgan fingerprint density at radius 3 is 2.84 bits per heavy atom. The topological polar surface area (TPSA) is 52.6 Å². The van der Waals surface area contributed by atoms with E-state index in [0.717, 1.165) is 37.8 Å². The van der Waals surface area contributed by atoms with Gasteiger partial charge in [0.05, 0.1) is 6.04 Å². The lowest BCUT2D eigenvalue weighted by Crippen LogP contribution is -2.44. The van der Waals surface area contributed by atoms with E-state index in [1.165, 1.54) is 0 Å². The van der Waals surface area contributed by atoms with Crippen molar-refractivity contribution < 1.29 is 9.90 Å². The summed E-state index contributed by atoms with van der Waals surface area (Å²) in [5.74, 6) is 0.489. The van der Waals surface area contributed by atoms with Crippen LogP contribution in [0.1, 0.15) is 31.2 Å². The summed E-state index contributed by atoms with van der Waals surface area (Å²) in [5, 5.41) is 12.8. The highest BCUT2D eigenvalue weighted by Gasteiger charge is 2.36. The molecule has 1 amide bonds. The van der Waals surface area contributed by atoms with E-state index in [0.29, 0.717) is 12.6 Å². The fourth-order valence-corrected chi connectivity index (χ4v) is 2.72. The summed E-state index contributed by atoms with van der Waals surface area (Å²) in [7, 11) is 0. The number of benzene rings is 1. The zero-order valence-corrected chi connectivity index (χ0v) is 11.0. The van der Waals surface area contributed by atoms with Crippen LogP contribution in [0.2, 0.25) is 0 Å². The van der Waals surface area contributed by atoms with Crippen molar-refractivity contribution >= 4 is 5.91 Å². The molecule has 0 bridgehead atoms. The first-order valence-corrected chi connectivity index (χ1v) is 7.06. The minimum absolute atomic E-state index is 0.00194. The molecule has 1 atom stereocenters. The van der Waals surface area contributed by atoms with Gasteiger partial charge < -0.3 is 15.3 Å². The molecule has 2 N–H and O–H groups in total. The quantitative estimate of drug-likeness (QED) is 0.865. The predicted molar refractivity (Wildman–Crippen MR) is 72.7 cm³/mol. The van der Waals surface area contributed by atoms with Crippen molar-refractivity contribution in [3.8, 4) is 5.75 Å². The van der Waals surface area contributed by atoms with E-state index in [-0.39, 0.29) is 17.7 Å². The van der Waals surface area contributed by atoms with Crippen LogP contribution < -0.4 is 5.32 Å². The van der Waals surface area contributed by atoms with Gasteiger partial charge in [0.1, 0.15) is 5.75 Å². The van der Waals surface area contributed by atoms with Crippen molar-refractivity contribution in [2.24, 2.45) is 0 Å². The lowest BCUT2D eigenvalue weighted by atomic mass is 10.1. The van der Waals surface area contributed by atoms with Crippen LogP contribution in [-0.2, 0) is 11.3 Å². The van der Waals surface area contributed by atoms with Crippen LogP contribution in [0.5, 0.6) is 5.75 Å². The normalized spacial score (nSPS) is 22.4. The first-order chi connectivity index (χ1) is 9.24. The SMILES string of the molecule is O=C([C@@H]1CCCN1)N(Cc1cccc(O)c1)C1CC1. The zero-order valence-electron chi connectivity index (χ0n) is 11.0. The molecule has 1 heterocycles. The molecular weight excluding hydrogens is 240 g/mol. The van der Waals surface area contributed by atoms with E-state index >= 15 is 0 Å². The number of hydrogen-bond acceptors (Lipinski definition) is 3. The predicted octanol–water partition coefficient (Wildman–Crippen LogP) is 1.64. The molecular formula is C15H20N2O2. The van der Waals surface area contributed by atoms with Crippen LogP contribution in [0.4, 0.5) is 0 Å². The monoisotopic (exact) mass is 260 g/mol. The molecule has 0 spiro atoms. The molecule has 19 heavy (non-hydrogen) atoms. The standard InChI is InChI=1S/C15H20N2O2/c18-13-4-1-3-11(9-13)10-17(12-6-7-12)15(19)14-5-2-8-16-14/h1,3-4,9,12,14,16,18H,2,5-8,10H2/t14-/m0/s1. The summed E-state index contributed by atoms with van der Waals surface area (Å²) in [4.78, 5) is 14.5. The third kappa shape index (κ3) is 2.89. The van der Waals surface area contributed by atoms with Crippen LogP contribution in [0, 0.1) is 0 Å². The van der Waals surface area contributed by atoms with E-state index in [2.05, 4.69) is 5.32 Å². The van der Waals surface area contributed by atoms with Gasteiger partial charge in [0, 0.05) is 12.6 Å². The van der Waals surface area contributed by atoms with Crippen molar-refractivity contribution in [3.63, 3.8) is 0 Å². The highest BCUT2D eigenvalue weighted by Crippen LogP contribution is 2.30. The molecule has 0 radical (unpaired) electrons. The molecule has 2 aliphatic rings. The number of amides is 1. The first kappa shape index (κ1) is 12.5. The summed E-state index contributed by atoms with van der Waals surface area (Å²) in [6, 6.07) is 7.59. The fourth-order valence-electron chi connectivity index (χ4n) is 2.72. The molecule has 2 fully saturated rings. The number of carbonyl (C=O) groups is 1. The fraction of sp³-hybridized carbons (Fsp3) is 0.533. The molecule has 1 aromatic carbocycles. The van der Waals surface area contributed by atoms with Gasteiger partial charge in [-0.2, -0.15) is 0 Å². The van der Waals surface area contributed by atoms with E-state index < -0.39 is 0 Å². The third-order valence-corrected chi connectivity index (χ3v) is 3.89. The lowest BCUT2D eigenvalue weighted by molar-refractivity contribution is -0.134. The second-order valence-electron chi connectivity index (χ2n) is 5.52. The molecule has 3 rings (SSSR count). The third-order valence-electron chi connectivity index (χ3n) is 3.89. The Morgan fingerprint density at radius 1 is 1.37 bits per heavy atom. The number of nitrogens with zero attached hydrogens (tertiary/aromatic N) is 1. The maximum Gasteiger partial charge on any atom is 0.240 e. The highest BCUT2D eigenvalue weighted by molar-refractivity contribution is 5.82. The molecule has 1 aromatic rings. The van der Waals surface area contributed by atoms with Gasteiger partial charge in [-0.25, -0.2) is 0 Å². The minimum atomic E-state index is -0.00194. The Labute approximate surface area is 113 Å². The summed E-state index contributed by atoms with van der Waals surface area (Å²) in [6.07, 6.45) is 4.25. The van der Waals surface area contributed by atoms with Crippen LogP contribution in [-0.4, -0.2) is 34.5 Å². The van der Waals surface area contributed by atoms with E-state index in [9.17, 15) is 9.90 Å². The average molecular weight is 260 g/mol. The Kier molecular flexibility index (Phi) is 3.42. The van der Waals surface area contributed by atoms with Crippen molar-refractivity contribution in [2.45, 2.75) is 44.3 Å². The Bertz CT molecular complexity index is 465. The minimum Gasteiger partial charge on any atom is -0.508 e. The maximum absolute atomic E-state index is 12.5. The van der Waals surface area contributed by atoms with Crippen molar-refractivity contribution in [2.75, 3.05) is 6.54 Å². The number of aromatic hydroxyl groups is 1. The van der Waals surface area contributed by atoms with Crippen molar-refractivity contribution in [3.05, 3.63) is 29.8 Å². The summed E-state index contributed by atoms with van der Waals surface area (Å²) in [5.41, 5.74) is 0.998.